The van der Waals surface area contributed by atoms with Crippen LogP contribution in [-0.2, 0) is 4.79 Å². The van der Waals surface area contributed by atoms with Gasteiger partial charge < -0.3 is 0 Å². The van der Waals surface area contributed by atoms with Crippen molar-refractivity contribution < 1.29 is 4.79 Å². The molecule has 0 aromatic rings. The van der Waals surface area contributed by atoms with Gasteiger partial charge in [0.2, 0.25) is 0 Å². The summed E-state index contributed by atoms with van der Waals surface area (Å²) in [5, 5.41) is 0. The second-order valence-corrected chi connectivity index (χ2v) is 6.38. The Bertz CT molecular complexity index is 268. The van der Waals surface area contributed by atoms with Gasteiger partial charge in [0.25, 0.3) is 0 Å². The lowest BCUT2D eigenvalue weighted by atomic mass is 9.82. The zero-order valence-electron chi connectivity index (χ0n) is 12.2. The van der Waals surface area contributed by atoms with Crippen LogP contribution in [0.3, 0.4) is 0 Å². The van der Waals surface area contributed by atoms with E-state index in [4.69, 9.17) is 0 Å². The highest BCUT2D eigenvalue weighted by Crippen LogP contribution is 2.33. The summed E-state index contributed by atoms with van der Waals surface area (Å²) in [5.74, 6) is 1.34. The van der Waals surface area contributed by atoms with Gasteiger partial charge in [0.15, 0.2) is 0 Å². The molecule has 0 amide bonds. The molecule has 0 bridgehead atoms. The van der Waals surface area contributed by atoms with Crippen molar-refractivity contribution in [1.82, 2.24) is 4.90 Å². The van der Waals surface area contributed by atoms with Crippen LogP contribution in [0.1, 0.15) is 71.6 Å². The van der Waals surface area contributed by atoms with Crippen LogP contribution in [0.4, 0.5) is 0 Å². The van der Waals surface area contributed by atoms with Gasteiger partial charge in [-0.25, -0.2) is 0 Å². The van der Waals surface area contributed by atoms with E-state index in [-0.39, 0.29) is 0 Å². The smallest absolute Gasteiger partial charge is 0.131 e. The van der Waals surface area contributed by atoms with E-state index in [2.05, 4.69) is 11.8 Å². The molecule has 1 saturated heterocycles. The number of likely N-dealkylation sites (tertiary alicyclic amines) is 1. The maximum absolute atomic E-state index is 11.4. The number of piperidine rings is 1. The van der Waals surface area contributed by atoms with Gasteiger partial charge in [0, 0.05) is 18.5 Å². The minimum atomic E-state index is 0.370. The molecule has 2 aliphatic rings. The van der Waals surface area contributed by atoms with Gasteiger partial charge in [-0.1, -0.05) is 19.8 Å². The Hall–Kier alpha value is -0.370. The maximum Gasteiger partial charge on any atom is 0.131 e. The monoisotopic (exact) mass is 251 g/mol. The molecule has 2 heteroatoms. The largest absolute Gasteiger partial charge is 0.300 e. The van der Waals surface area contributed by atoms with Gasteiger partial charge in [0.05, 0.1) is 0 Å². The van der Waals surface area contributed by atoms with E-state index >= 15 is 0 Å². The summed E-state index contributed by atoms with van der Waals surface area (Å²) in [6.45, 7) is 5.31. The first kappa shape index (κ1) is 14.0. The second kappa shape index (κ2) is 6.70. The number of nitrogens with zero attached hydrogens (tertiary/aromatic N) is 1. The molecular weight excluding hydrogens is 222 g/mol. The van der Waals surface area contributed by atoms with Crippen molar-refractivity contribution in [3.8, 4) is 0 Å². The molecule has 1 atom stereocenters. The molecule has 2 nitrogen and oxygen atoms in total. The fraction of sp³-hybridized carbons (Fsp3) is 0.938. The Labute approximate surface area is 112 Å². The Kier molecular flexibility index (Phi) is 5.23. The molecular formula is C16H29NO. The maximum atomic E-state index is 11.4. The molecule has 1 unspecified atom stereocenters. The van der Waals surface area contributed by atoms with Crippen LogP contribution < -0.4 is 0 Å². The van der Waals surface area contributed by atoms with Crippen LogP contribution in [-0.4, -0.2) is 29.3 Å². The first-order chi connectivity index (χ1) is 8.70. The van der Waals surface area contributed by atoms with Gasteiger partial charge in [0.1, 0.15) is 5.78 Å². The van der Waals surface area contributed by atoms with E-state index < -0.39 is 0 Å². The quantitative estimate of drug-likeness (QED) is 0.757. The molecule has 2 rings (SSSR count). The third-order valence-electron chi connectivity index (χ3n) is 5.06. The van der Waals surface area contributed by atoms with Crippen molar-refractivity contribution in [2.45, 2.75) is 83.7 Å². The van der Waals surface area contributed by atoms with Crippen molar-refractivity contribution in [2.24, 2.45) is 5.92 Å². The summed E-state index contributed by atoms with van der Waals surface area (Å²) in [5.41, 5.74) is 0. The predicted octanol–water partition coefficient (Wildman–Crippen LogP) is 3.79. The van der Waals surface area contributed by atoms with E-state index in [9.17, 15) is 4.79 Å². The zero-order valence-corrected chi connectivity index (χ0v) is 12.2. The molecule has 0 aromatic heterocycles. The minimum absolute atomic E-state index is 0.370. The van der Waals surface area contributed by atoms with Crippen molar-refractivity contribution in [3.63, 3.8) is 0 Å². The summed E-state index contributed by atoms with van der Waals surface area (Å²) in [7, 11) is 0. The molecule has 0 radical (unpaired) electrons. The average Bonchev–Trinajstić information content (AvgIpc) is 2.39. The minimum Gasteiger partial charge on any atom is -0.300 e. The number of hydrogen-bond donors (Lipinski definition) is 0. The highest BCUT2D eigenvalue weighted by atomic mass is 16.1. The van der Waals surface area contributed by atoms with Crippen molar-refractivity contribution in [3.05, 3.63) is 0 Å². The summed E-state index contributed by atoms with van der Waals surface area (Å²) in [4.78, 5) is 14.1. The molecule has 0 spiro atoms. The Morgan fingerprint density at radius 1 is 1.11 bits per heavy atom. The van der Waals surface area contributed by atoms with E-state index in [0.717, 1.165) is 18.4 Å². The number of Topliss-reactive ketones (excluding diaryl/α,β-unsaturated/α-hetero) is 1. The Balaban J connectivity index is 1.90. The van der Waals surface area contributed by atoms with E-state index in [1.807, 2.05) is 0 Å². The Morgan fingerprint density at radius 2 is 1.83 bits per heavy atom. The van der Waals surface area contributed by atoms with Crippen LogP contribution >= 0.6 is 0 Å². The second-order valence-electron chi connectivity index (χ2n) is 6.38. The van der Waals surface area contributed by atoms with Gasteiger partial charge in [-0.3, -0.25) is 9.69 Å². The fourth-order valence-electron chi connectivity index (χ4n) is 3.94. The third kappa shape index (κ3) is 3.57. The fourth-order valence-corrected chi connectivity index (χ4v) is 3.94. The standard InChI is InChI=1S/C16H29NO/c1-3-14-7-9-15(10-8-14)17-11-5-4-6-16(17)12-13(2)18/h14-16H,3-12H2,1-2H3. The van der Waals surface area contributed by atoms with Gasteiger partial charge >= 0.3 is 0 Å². The molecule has 1 saturated carbocycles. The molecule has 0 N–H and O–H groups in total. The molecule has 1 aliphatic heterocycles. The first-order valence-electron chi connectivity index (χ1n) is 7.96. The number of ketones is 1. The number of carbonyl (C=O) groups is 1. The van der Waals surface area contributed by atoms with E-state index in [0.29, 0.717) is 11.8 Å². The summed E-state index contributed by atoms with van der Waals surface area (Å²) in [6, 6.07) is 1.33. The average molecular weight is 251 g/mol. The molecule has 18 heavy (non-hydrogen) atoms. The van der Waals surface area contributed by atoms with Crippen LogP contribution in [0.15, 0.2) is 0 Å². The predicted molar refractivity (Wildman–Crippen MR) is 75.7 cm³/mol. The lowest BCUT2D eigenvalue weighted by Crippen LogP contribution is -2.48. The van der Waals surface area contributed by atoms with Crippen molar-refractivity contribution in [1.29, 1.82) is 0 Å². The van der Waals surface area contributed by atoms with Crippen LogP contribution in [0.5, 0.6) is 0 Å². The zero-order chi connectivity index (χ0) is 13.0. The lowest BCUT2D eigenvalue weighted by Gasteiger charge is -2.43. The number of hydrogen-bond acceptors (Lipinski definition) is 2. The van der Waals surface area contributed by atoms with Crippen LogP contribution in [0.25, 0.3) is 0 Å². The molecule has 2 fully saturated rings. The van der Waals surface area contributed by atoms with Crippen LogP contribution in [0, 0.1) is 5.92 Å². The van der Waals surface area contributed by atoms with Crippen molar-refractivity contribution in [2.75, 3.05) is 6.54 Å². The molecule has 1 aliphatic carbocycles. The summed E-state index contributed by atoms with van der Waals surface area (Å²) < 4.78 is 0. The topological polar surface area (TPSA) is 20.3 Å². The van der Waals surface area contributed by atoms with Gasteiger partial charge in [-0.2, -0.15) is 0 Å². The van der Waals surface area contributed by atoms with E-state index in [1.165, 1.54) is 57.9 Å². The highest BCUT2D eigenvalue weighted by Gasteiger charge is 2.31. The molecule has 104 valence electrons. The van der Waals surface area contributed by atoms with E-state index in [1.54, 1.807) is 6.92 Å². The summed E-state index contributed by atoms with van der Waals surface area (Å²) in [6.07, 6.45) is 11.6. The number of carbonyl (C=O) groups excluding carboxylic acids is 1. The van der Waals surface area contributed by atoms with Gasteiger partial charge in [-0.05, 0) is 57.9 Å². The van der Waals surface area contributed by atoms with Gasteiger partial charge in [-0.15, -0.1) is 0 Å². The Morgan fingerprint density at radius 3 is 2.44 bits per heavy atom. The van der Waals surface area contributed by atoms with Crippen molar-refractivity contribution >= 4 is 5.78 Å². The first-order valence-corrected chi connectivity index (χ1v) is 7.96. The summed E-state index contributed by atoms with van der Waals surface area (Å²) >= 11 is 0. The number of rotatable bonds is 4. The molecule has 0 aromatic carbocycles. The SMILES string of the molecule is CCC1CCC(N2CCCCC2CC(C)=O)CC1. The third-order valence-corrected chi connectivity index (χ3v) is 5.06. The lowest BCUT2D eigenvalue weighted by molar-refractivity contribution is -0.118. The highest BCUT2D eigenvalue weighted by molar-refractivity contribution is 5.76. The normalized spacial score (nSPS) is 34.4. The van der Waals surface area contributed by atoms with Crippen LogP contribution in [0.2, 0.25) is 0 Å². The molecule has 1 heterocycles.